The molecule has 0 N–H and O–H groups in total. The number of benzene rings is 2. The van der Waals surface area contributed by atoms with E-state index in [-0.39, 0.29) is 11.8 Å². The molecule has 0 aromatic heterocycles. The number of imide groups is 1. The van der Waals surface area contributed by atoms with Gasteiger partial charge in [0.05, 0.1) is 32.6 Å². The van der Waals surface area contributed by atoms with E-state index in [1.165, 1.54) is 4.90 Å². The van der Waals surface area contributed by atoms with Gasteiger partial charge in [-0.05, 0) is 49.1 Å². The molecule has 0 unspecified atom stereocenters. The minimum absolute atomic E-state index is 0.315. The monoisotopic (exact) mass is 422 g/mol. The number of rotatable bonds is 6. The predicted octanol–water partition coefficient (Wildman–Crippen LogP) is 3.48. The van der Waals surface area contributed by atoms with Crippen molar-refractivity contribution in [1.82, 2.24) is 4.90 Å². The van der Waals surface area contributed by atoms with Crippen LogP contribution in [0.3, 0.4) is 0 Å². The molecule has 2 aromatic rings. The molecule has 4 rings (SSSR count). The molecular formula is C24H26N2O5. The second kappa shape index (κ2) is 8.71. The largest absolute Gasteiger partial charge is 0.497 e. The molecule has 0 spiro atoms. The fraction of sp³-hybridized carbons (Fsp3) is 0.333. The Kier molecular flexibility index (Phi) is 5.84. The van der Waals surface area contributed by atoms with E-state index in [1.54, 1.807) is 63.8 Å². The average molecular weight is 422 g/mol. The smallest absolute Gasteiger partial charge is 0.282 e. The Morgan fingerprint density at radius 3 is 2.19 bits per heavy atom. The lowest BCUT2D eigenvalue weighted by molar-refractivity contribution is -0.120. The Bertz CT molecular complexity index is 1040. The van der Waals surface area contributed by atoms with Gasteiger partial charge in [-0.3, -0.25) is 9.59 Å². The summed E-state index contributed by atoms with van der Waals surface area (Å²) in [6.07, 6.45) is 3.10. The van der Waals surface area contributed by atoms with Crippen LogP contribution in [0, 0.1) is 0 Å². The highest BCUT2D eigenvalue weighted by molar-refractivity contribution is 6.45. The van der Waals surface area contributed by atoms with Crippen LogP contribution in [0.5, 0.6) is 17.2 Å². The molecule has 7 nitrogen and oxygen atoms in total. The first-order chi connectivity index (χ1) is 15.1. The topological polar surface area (TPSA) is 68.3 Å². The first-order valence-corrected chi connectivity index (χ1v) is 10.3. The number of amides is 2. The van der Waals surface area contributed by atoms with Crippen molar-refractivity contribution in [3.8, 4) is 17.2 Å². The Labute approximate surface area is 181 Å². The zero-order valence-electron chi connectivity index (χ0n) is 18.0. The third kappa shape index (κ3) is 3.71. The van der Waals surface area contributed by atoms with Crippen LogP contribution in [0.1, 0.15) is 24.8 Å². The van der Waals surface area contributed by atoms with Gasteiger partial charge in [-0.1, -0.05) is 12.1 Å². The second-order valence-corrected chi connectivity index (χ2v) is 7.49. The van der Waals surface area contributed by atoms with Crippen LogP contribution in [0.4, 0.5) is 5.69 Å². The van der Waals surface area contributed by atoms with Crippen molar-refractivity contribution in [3.63, 3.8) is 0 Å². The molecule has 0 atom stereocenters. The Balaban J connectivity index is 1.84. The van der Waals surface area contributed by atoms with Gasteiger partial charge in [-0.25, -0.2) is 4.90 Å². The molecular weight excluding hydrogens is 396 g/mol. The van der Waals surface area contributed by atoms with Crippen molar-refractivity contribution in [2.45, 2.75) is 19.3 Å². The lowest BCUT2D eigenvalue weighted by Gasteiger charge is -2.29. The number of carbonyl (C=O) groups is 2. The van der Waals surface area contributed by atoms with Crippen LogP contribution in [0.2, 0.25) is 0 Å². The normalized spacial score (nSPS) is 16.7. The highest BCUT2D eigenvalue weighted by Crippen LogP contribution is 2.39. The number of piperidine rings is 1. The van der Waals surface area contributed by atoms with Gasteiger partial charge in [0.1, 0.15) is 11.4 Å². The first-order valence-electron chi connectivity index (χ1n) is 10.3. The summed E-state index contributed by atoms with van der Waals surface area (Å²) in [5.41, 5.74) is 1.94. The Morgan fingerprint density at radius 1 is 0.774 bits per heavy atom. The summed E-state index contributed by atoms with van der Waals surface area (Å²) in [5, 5.41) is 0. The van der Waals surface area contributed by atoms with Crippen molar-refractivity contribution in [3.05, 3.63) is 53.7 Å². The third-order valence-electron chi connectivity index (χ3n) is 5.72. The van der Waals surface area contributed by atoms with Crippen molar-refractivity contribution in [2.24, 2.45) is 0 Å². The molecule has 2 amide bonds. The van der Waals surface area contributed by atoms with Crippen LogP contribution in [-0.2, 0) is 9.59 Å². The molecule has 0 saturated carbocycles. The SMILES string of the molecule is COc1cccc(N2C(=O)C(c3ccc(OC)c(OC)c3)=C(N3CCCCC3)C2=O)c1. The molecule has 0 bridgehead atoms. The molecule has 1 saturated heterocycles. The molecule has 2 aromatic carbocycles. The maximum atomic E-state index is 13.6. The van der Waals surface area contributed by atoms with Crippen LogP contribution in [0.25, 0.3) is 5.57 Å². The van der Waals surface area contributed by atoms with E-state index in [0.29, 0.717) is 39.8 Å². The van der Waals surface area contributed by atoms with Gasteiger partial charge in [-0.15, -0.1) is 0 Å². The van der Waals surface area contributed by atoms with E-state index < -0.39 is 0 Å². The molecule has 0 aliphatic carbocycles. The fourth-order valence-electron chi connectivity index (χ4n) is 4.17. The van der Waals surface area contributed by atoms with Crippen molar-refractivity contribution in [1.29, 1.82) is 0 Å². The van der Waals surface area contributed by atoms with E-state index in [0.717, 1.165) is 32.4 Å². The lowest BCUT2D eigenvalue weighted by atomic mass is 10.0. The maximum Gasteiger partial charge on any atom is 0.282 e. The van der Waals surface area contributed by atoms with Gasteiger partial charge in [0.2, 0.25) is 0 Å². The predicted molar refractivity (Wildman–Crippen MR) is 117 cm³/mol. The zero-order chi connectivity index (χ0) is 22.0. The molecule has 1 fully saturated rings. The molecule has 2 heterocycles. The van der Waals surface area contributed by atoms with E-state index in [2.05, 4.69) is 0 Å². The van der Waals surface area contributed by atoms with Crippen LogP contribution >= 0.6 is 0 Å². The molecule has 162 valence electrons. The summed E-state index contributed by atoms with van der Waals surface area (Å²) in [6.45, 7) is 1.49. The second-order valence-electron chi connectivity index (χ2n) is 7.49. The van der Waals surface area contributed by atoms with E-state index in [1.807, 2.05) is 4.90 Å². The van der Waals surface area contributed by atoms with Crippen LogP contribution < -0.4 is 19.1 Å². The van der Waals surface area contributed by atoms with Gasteiger partial charge in [-0.2, -0.15) is 0 Å². The standard InChI is InChI=1S/C24H26N2O5/c1-29-18-9-7-8-17(15-18)26-23(27)21(16-10-11-19(30-2)20(14-16)31-3)22(24(26)28)25-12-5-4-6-13-25/h7-11,14-15H,4-6,12-13H2,1-3H3. The van der Waals surface area contributed by atoms with E-state index in [4.69, 9.17) is 14.2 Å². The number of hydrogen-bond acceptors (Lipinski definition) is 6. The number of carbonyl (C=O) groups excluding carboxylic acids is 2. The molecule has 2 aliphatic rings. The van der Waals surface area contributed by atoms with Gasteiger partial charge in [0, 0.05) is 19.2 Å². The number of hydrogen-bond donors (Lipinski definition) is 0. The van der Waals surface area contributed by atoms with Crippen molar-refractivity contribution in [2.75, 3.05) is 39.3 Å². The molecule has 2 aliphatic heterocycles. The average Bonchev–Trinajstić information content (AvgIpc) is 3.08. The number of nitrogens with zero attached hydrogens (tertiary/aromatic N) is 2. The van der Waals surface area contributed by atoms with Gasteiger partial charge in [0.15, 0.2) is 11.5 Å². The van der Waals surface area contributed by atoms with Crippen molar-refractivity contribution < 1.29 is 23.8 Å². The number of anilines is 1. The van der Waals surface area contributed by atoms with Gasteiger partial charge >= 0.3 is 0 Å². The van der Waals surface area contributed by atoms with Crippen molar-refractivity contribution >= 4 is 23.1 Å². The van der Waals surface area contributed by atoms with Gasteiger partial charge < -0.3 is 19.1 Å². The fourth-order valence-corrected chi connectivity index (χ4v) is 4.17. The third-order valence-corrected chi connectivity index (χ3v) is 5.72. The Morgan fingerprint density at radius 2 is 1.52 bits per heavy atom. The summed E-state index contributed by atoms with van der Waals surface area (Å²) in [6, 6.07) is 12.3. The summed E-state index contributed by atoms with van der Waals surface area (Å²) in [7, 11) is 4.66. The highest BCUT2D eigenvalue weighted by atomic mass is 16.5. The number of methoxy groups -OCH3 is 3. The zero-order valence-corrected chi connectivity index (χ0v) is 18.0. The van der Waals surface area contributed by atoms with Crippen LogP contribution in [-0.4, -0.2) is 51.1 Å². The summed E-state index contributed by atoms with van der Waals surface area (Å²) in [4.78, 5) is 30.5. The quantitative estimate of drug-likeness (QED) is 0.664. The Hall–Kier alpha value is -3.48. The first kappa shape index (κ1) is 20.8. The molecule has 0 radical (unpaired) electrons. The van der Waals surface area contributed by atoms with Gasteiger partial charge in [0.25, 0.3) is 11.8 Å². The number of likely N-dealkylation sites (tertiary alicyclic amines) is 1. The highest BCUT2D eigenvalue weighted by Gasteiger charge is 2.43. The minimum Gasteiger partial charge on any atom is -0.497 e. The molecule has 31 heavy (non-hydrogen) atoms. The lowest BCUT2D eigenvalue weighted by Crippen LogP contribution is -2.37. The minimum atomic E-state index is -0.356. The summed E-state index contributed by atoms with van der Waals surface area (Å²) in [5.74, 6) is 0.978. The maximum absolute atomic E-state index is 13.6. The summed E-state index contributed by atoms with van der Waals surface area (Å²) < 4.78 is 16.1. The van der Waals surface area contributed by atoms with Crippen LogP contribution in [0.15, 0.2) is 48.2 Å². The van der Waals surface area contributed by atoms with E-state index in [9.17, 15) is 9.59 Å². The summed E-state index contributed by atoms with van der Waals surface area (Å²) >= 11 is 0. The molecule has 7 heteroatoms. The van der Waals surface area contributed by atoms with E-state index >= 15 is 0 Å². The number of ether oxygens (including phenoxy) is 3.